The third-order valence-electron chi connectivity index (χ3n) is 5.82. The van der Waals surface area contributed by atoms with Crippen molar-refractivity contribution in [2.75, 3.05) is 42.9 Å². The molecule has 1 aliphatic heterocycles. The fraction of sp³-hybridized carbons (Fsp3) is 0.500. The number of halogens is 2. The van der Waals surface area contributed by atoms with Crippen LogP contribution in [0, 0.1) is 5.92 Å². The highest BCUT2D eigenvalue weighted by Gasteiger charge is 2.27. The fourth-order valence-corrected chi connectivity index (χ4v) is 3.97. The zero-order chi connectivity index (χ0) is 21.5. The van der Waals surface area contributed by atoms with Gasteiger partial charge in [0.15, 0.2) is 11.3 Å². The molecular formula is C20H24F2N8O. The van der Waals surface area contributed by atoms with Crippen LogP contribution in [0.15, 0.2) is 24.7 Å². The summed E-state index contributed by atoms with van der Waals surface area (Å²) in [6.07, 6.45) is 4.42. The summed E-state index contributed by atoms with van der Waals surface area (Å²) < 4.78 is 29.1. The van der Waals surface area contributed by atoms with Crippen LogP contribution in [-0.2, 0) is 7.05 Å². The molecule has 1 N–H and O–H groups in total. The summed E-state index contributed by atoms with van der Waals surface area (Å²) in [7, 11) is 1.52. The van der Waals surface area contributed by atoms with E-state index in [4.69, 9.17) is 0 Å². The zero-order valence-corrected chi connectivity index (χ0v) is 17.2. The number of anilines is 2. The van der Waals surface area contributed by atoms with Gasteiger partial charge in [-0.15, -0.1) is 0 Å². The van der Waals surface area contributed by atoms with E-state index in [0.29, 0.717) is 5.65 Å². The van der Waals surface area contributed by atoms with E-state index in [9.17, 15) is 13.6 Å². The first-order valence-corrected chi connectivity index (χ1v) is 10.4. The van der Waals surface area contributed by atoms with Gasteiger partial charge in [-0.2, -0.15) is 10.2 Å². The predicted octanol–water partition coefficient (Wildman–Crippen LogP) is 2.18. The molecule has 5 rings (SSSR count). The molecule has 2 aliphatic rings. The van der Waals surface area contributed by atoms with Crippen LogP contribution in [0.1, 0.15) is 35.3 Å². The van der Waals surface area contributed by atoms with E-state index in [1.807, 2.05) is 6.07 Å². The molecule has 11 heteroatoms. The number of nitrogens with one attached hydrogen (secondary N) is 1. The molecule has 0 radical (unpaired) electrons. The first-order chi connectivity index (χ1) is 15.0. The van der Waals surface area contributed by atoms with Gasteiger partial charge in [-0.1, -0.05) is 0 Å². The first-order valence-electron chi connectivity index (χ1n) is 10.4. The number of nitrogens with zero attached hydrogens (tertiary/aromatic N) is 7. The van der Waals surface area contributed by atoms with Gasteiger partial charge in [0.2, 0.25) is 0 Å². The summed E-state index contributed by atoms with van der Waals surface area (Å²) in [6, 6.07) is 1.88. The largest absolute Gasteiger partial charge is 0.354 e. The van der Waals surface area contributed by atoms with Crippen LogP contribution in [0.3, 0.4) is 0 Å². The summed E-state index contributed by atoms with van der Waals surface area (Å²) in [5.41, 5.74) is 0.117. The van der Waals surface area contributed by atoms with Crippen molar-refractivity contribution in [2.45, 2.75) is 19.3 Å². The normalized spacial score (nSPS) is 17.6. The number of carbonyl (C=O) groups excluding carboxylic acids is 1. The molecule has 1 saturated carbocycles. The third kappa shape index (κ3) is 4.09. The Morgan fingerprint density at radius 2 is 2.03 bits per heavy atom. The Hall–Kier alpha value is -3.08. The Bertz CT molecular complexity index is 1100. The second-order valence-corrected chi connectivity index (χ2v) is 8.20. The molecule has 0 bridgehead atoms. The molecule has 9 nitrogen and oxygen atoms in total. The lowest BCUT2D eigenvalue weighted by Crippen LogP contribution is -2.47. The molecule has 0 unspecified atom stereocenters. The minimum atomic E-state index is -2.79. The zero-order valence-electron chi connectivity index (χ0n) is 17.2. The van der Waals surface area contributed by atoms with Crippen LogP contribution in [0.2, 0.25) is 0 Å². The summed E-state index contributed by atoms with van der Waals surface area (Å²) in [6.45, 7) is 4.92. The summed E-state index contributed by atoms with van der Waals surface area (Å²) in [5.74, 6) is 1.10. The van der Waals surface area contributed by atoms with Gasteiger partial charge in [-0.3, -0.25) is 14.4 Å². The van der Waals surface area contributed by atoms with Gasteiger partial charge in [0.25, 0.3) is 12.3 Å². The van der Waals surface area contributed by atoms with E-state index in [-0.39, 0.29) is 11.3 Å². The van der Waals surface area contributed by atoms with Crippen molar-refractivity contribution in [3.05, 3.63) is 35.9 Å². The maximum Gasteiger partial charge on any atom is 0.284 e. The van der Waals surface area contributed by atoms with Crippen molar-refractivity contribution in [2.24, 2.45) is 13.0 Å². The van der Waals surface area contributed by atoms with Crippen LogP contribution in [-0.4, -0.2) is 67.9 Å². The van der Waals surface area contributed by atoms with E-state index < -0.39 is 18.0 Å². The molecule has 0 atom stereocenters. The molecule has 1 amide bonds. The molecule has 164 valence electrons. The lowest BCUT2D eigenvalue weighted by Gasteiger charge is -2.35. The SMILES string of the molecule is Cn1cc(NC(=O)c2cnn3ccc(N4CCN(CC5CC5)CC4)nc23)c(C(F)F)n1. The number of fused-ring (bicyclic) bond motifs is 1. The van der Waals surface area contributed by atoms with Crippen molar-refractivity contribution < 1.29 is 13.6 Å². The van der Waals surface area contributed by atoms with Crippen molar-refractivity contribution in [1.29, 1.82) is 0 Å². The van der Waals surface area contributed by atoms with Crippen molar-refractivity contribution in [3.8, 4) is 0 Å². The third-order valence-corrected chi connectivity index (χ3v) is 5.82. The van der Waals surface area contributed by atoms with Gasteiger partial charge in [0.1, 0.15) is 11.4 Å². The maximum absolute atomic E-state index is 13.2. The first kappa shape index (κ1) is 19.9. The molecular weight excluding hydrogens is 406 g/mol. The molecule has 1 saturated heterocycles. The molecule has 0 aromatic carbocycles. The minimum Gasteiger partial charge on any atom is -0.354 e. The number of hydrogen-bond acceptors (Lipinski definition) is 6. The van der Waals surface area contributed by atoms with Gasteiger partial charge in [0.05, 0.1) is 11.9 Å². The lowest BCUT2D eigenvalue weighted by atomic mass is 10.2. The van der Waals surface area contributed by atoms with E-state index in [1.54, 1.807) is 6.20 Å². The number of hydrogen-bond donors (Lipinski definition) is 1. The standard InChI is InChI=1S/C20H24F2N8O/c1-27-12-15(17(26-27)18(21)22)24-20(31)14-10-23-30-5-4-16(25-19(14)30)29-8-6-28(7-9-29)11-13-2-3-13/h4-5,10,12-13,18H,2-3,6-9,11H2,1H3,(H,24,31). The van der Waals surface area contributed by atoms with E-state index in [1.165, 1.54) is 48.0 Å². The lowest BCUT2D eigenvalue weighted by molar-refractivity contribution is 0.102. The highest BCUT2D eigenvalue weighted by atomic mass is 19.3. The Kier molecular flexibility index (Phi) is 5.05. The van der Waals surface area contributed by atoms with Gasteiger partial charge in [-0.05, 0) is 24.8 Å². The Labute approximate surface area is 177 Å². The molecule has 3 aromatic heterocycles. The highest BCUT2D eigenvalue weighted by Crippen LogP contribution is 2.30. The minimum absolute atomic E-state index is 0.0233. The molecule has 0 spiro atoms. The number of aryl methyl sites for hydroxylation is 1. The molecule has 1 aliphatic carbocycles. The van der Waals surface area contributed by atoms with E-state index >= 15 is 0 Å². The summed E-state index contributed by atoms with van der Waals surface area (Å²) >= 11 is 0. The Balaban J connectivity index is 1.34. The van der Waals surface area contributed by atoms with E-state index in [2.05, 4.69) is 30.3 Å². The van der Waals surface area contributed by atoms with Crippen LogP contribution < -0.4 is 10.2 Å². The predicted molar refractivity (Wildman–Crippen MR) is 110 cm³/mol. The van der Waals surface area contributed by atoms with Crippen LogP contribution >= 0.6 is 0 Å². The second-order valence-electron chi connectivity index (χ2n) is 8.20. The smallest absolute Gasteiger partial charge is 0.284 e. The Morgan fingerprint density at radius 3 is 2.74 bits per heavy atom. The van der Waals surface area contributed by atoms with Gasteiger partial charge >= 0.3 is 0 Å². The summed E-state index contributed by atoms with van der Waals surface area (Å²) in [5, 5.41) is 10.4. The average Bonchev–Trinajstić information content (AvgIpc) is 3.33. The van der Waals surface area contributed by atoms with Gasteiger partial charge in [-0.25, -0.2) is 18.3 Å². The fourth-order valence-electron chi connectivity index (χ4n) is 3.97. The topological polar surface area (TPSA) is 83.6 Å². The average molecular weight is 430 g/mol. The number of carbonyl (C=O) groups is 1. The number of amides is 1. The second kappa shape index (κ2) is 7.88. The number of piperazine rings is 1. The monoisotopic (exact) mass is 430 g/mol. The van der Waals surface area contributed by atoms with Crippen LogP contribution in [0.25, 0.3) is 5.65 Å². The molecule has 2 fully saturated rings. The number of alkyl halides is 2. The van der Waals surface area contributed by atoms with Crippen LogP contribution in [0.5, 0.6) is 0 Å². The van der Waals surface area contributed by atoms with Gasteiger partial charge < -0.3 is 10.2 Å². The van der Waals surface area contributed by atoms with Crippen molar-refractivity contribution >= 4 is 23.1 Å². The maximum atomic E-state index is 13.2. The van der Waals surface area contributed by atoms with E-state index in [0.717, 1.165) is 37.9 Å². The van der Waals surface area contributed by atoms with Gasteiger partial charge in [0, 0.05) is 52.2 Å². The number of aromatic nitrogens is 5. The number of rotatable bonds is 6. The quantitative estimate of drug-likeness (QED) is 0.646. The van der Waals surface area contributed by atoms with Crippen molar-refractivity contribution in [1.82, 2.24) is 29.3 Å². The molecule has 3 aromatic rings. The summed E-state index contributed by atoms with van der Waals surface area (Å²) in [4.78, 5) is 22.2. The van der Waals surface area contributed by atoms with Crippen molar-refractivity contribution in [3.63, 3.8) is 0 Å². The van der Waals surface area contributed by atoms with Crippen LogP contribution in [0.4, 0.5) is 20.3 Å². The highest BCUT2D eigenvalue weighted by molar-refractivity contribution is 6.08. The molecule has 4 heterocycles. The Morgan fingerprint density at radius 1 is 1.26 bits per heavy atom. The molecule has 31 heavy (non-hydrogen) atoms.